The van der Waals surface area contributed by atoms with Gasteiger partial charge in [0.2, 0.25) is 0 Å². The second-order valence-corrected chi connectivity index (χ2v) is 9.36. The fraction of sp³-hybridized carbons (Fsp3) is 0.179. The Bertz CT molecular complexity index is 1470. The van der Waals surface area contributed by atoms with Gasteiger partial charge in [-0.15, -0.1) is 0 Å². The van der Waals surface area contributed by atoms with Crippen LogP contribution in [0.3, 0.4) is 0 Å². The number of rotatable bonds is 11. The average Bonchev–Trinajstić information content (AvgIpc) is 3.20. The third kappa shape index (κ3) is 6.77. The highest BCUT2D eigenvalue weighted by Crippen LogP contribution is 2.35. The molecular formula is C28H25N3O8S. The largest absolute Gasteiger partial charge is 0.493 e. The fourth-order valence-electron chi connectivity index (χ4n) is 3.77. The van der Waals surface area contributed by atoms with Gasteiger partial charge in [0.15, 0.2) is 18.1 Å². The van der Waals surface area contributed by atoms with Crippen LogP contribution in [-0.2, 0) is 16.1 Å². The first-order valence-electron chi connectivity index (χ1n) is 12.1. The molecule has 0 aliphatic carbocycles. The molecule has 0 atom stereocenters. The molecule has 0 bridgehead atoms. The Morgan fingerprint density at radius 1 is 1.02 bits per heavy atom. The molecule has 12 heteroatoms. The number of carbonyl (C=O) groups is 3. The maximum absolute atomic E-state index is 12.9. The number of methoxy groups -OCH3 is 1. The number of nitrogens with zero attached hydrogens (tertiary/aromatic N) is 2. The second-order valence-electron chi connectivity index (χ2n) is 8.37. The number of nitro groups is 1. The van der Waals surface area contributed by atoms with Gasteiger partial charge in [-0.3, -0.25) is 29.4 Å². The highest BCUT2D eigenvalue weighted by molar-refractivity contribution is 8.18. The zero-order valence-corrected chi connectivity index (χ0v) is 22.4. The van der Waals surface area contributed by atoms with E-state index in [0.717, 1.165) is 16.7 Å². The number of hydrogen-bond acceptors (Lipinski definition) is 9. The van der Waals surface area contributed by atoms with Crippen molar-refractivity contribution in [3.8, 4) is 17.2 Å². The molecule has 0 unspecified atom stereocenters. The SMILES string of the molecule is CCOc1ccccc1NC(=O)COc1ccc(C=C2SC(=O)N(Cc3ccc([N+](=O)[O-])cc3)C2=O)cc1OC. The normalized spacial score (nSPS) is 13.8. The lowest BCUT2D eigenvalue weighted by atomic mass is 10.1. The molecule has 1 saturated heterocycles. The summed E-state index contributed by atoms with van der Waals surface area (Å²) in [4.78, 5) is 49.5. The number of non-ortho nitro benzene ring substituents is 1. The number of para-hydroxylation sites is 2. The first kappa shape index (κ1) is 28.2. The predicted molar refractivity (Wildman–Crippen MR) is 149 cm³/mol. The molecule has 4 rings (SSSR count). The van der Waals surface area contributed by atoms with Crippen LogP contribution in [0, 0.1) is 10.1 Å². The monoisotopic (exact) mass is 563 g/mol. The van der Waals surface area contributed by atoms with Crippen molar-refractivity contribution in [1.82, 2.24) is 4.90 Å². The van der Waals surface area contributed by atoms with Gasteiger partial charge in [0.1, 0.15) is 5.75 Å². The summed E-state index contributed by atoms with van der Waals surface area (Å²) in [5.74, 6) is 0.342. The molecule has 40 heavy (non-hydrogen) atoms. The molecule has 1 fully saturated rings. The molecular weight excluding hydrogens is 538 g/mol. The van der Waals surface area contributed by atoms with E-state index in [2.05, 4.69) is 5.32 Å². The second kappa shape index (κ2) is 12.8. The van der Waals surface area contributed by atoms with Crippen molar-refractivity contribution in [1.29, 1.82) is 0 Å². The fourth-order valence-corrected chi connectivity index (χ4v) is 4.61. The minimum Gasteiger partial charge on any atom is -0.493 e. The zero-order chi connectivity index (χ0) is 28.6. The molecule has 1 N–H and O–H groups in total. The molecule has 11 nitrogen and oxygen atoms in total. The van der Waals surface area contributed by atoms with Gasteiger partial charge in [-0.2, -0.15) is 0 Å². The maximum atomic E-state index is 12.9. The van der Waals surface area contributed by atoms with E-state index >= 15 is 0 Å². The van der Waals surface area contributed by atoms with Gasteiger partial charge >= 0.3 is 0 Å². The topological polar surface area (TPSA) is 137 Å². The van der Waals surface area contributed by atoms with Gasteiger partial charge in [0.05, 0.1) is 35.8 Å². The first-order valence-corrected chi connectivity index (χ1v) is 12.9. The van der Waals surface area contributed by atoms with Gasteiger partial charge in [-0.1, -0.05) is 30.3 Å². The third-order valence-corrected chi connectivity index (χ3v) is 6.57. The number of thioether (sulfide) groups is 1. The van der Waals surface area contributed by atoms with Crippen molar-refractivity contribution in [3.05, 3.63) is 92.9 Å². The Balaban J connectivity index is 1.40. The average molecular weight is 564 g/mol. The molecule has 1 aliphatic rings. The number of nitro benzene ring substituents is 1. The van der Waals surface area contributed by atoms with E-state index in [4.69, 9.17) is 14.2 Å². The van der Waals surface area contributed by atoms with Gasteiger partial charge in [-0.05, 0) is 60.2 Å². The molecule has 1 aliphatic heterocycles. The smallest absolute Gasteiger partial charge is 0.293 e. The van der Waals surface area contributed by atoms with E-state index in [9.17, 15) is 24.5 Å². The molecule has 0 saturated carbocycles. The van der Waals surface area contributed by atoms with Crippen LogP contribution in [0.4, 0.5) is 16.2 Å². The molecule has 0 spiro atoms. The Kier molecular flexibility index (Phi) is 9.02. The summed E-state index contributed by atoms with van der Waals surface area (Å²) < 4.78 is 16.6. The summed E-state index contributed by atoms with van der Waals surface area (Å²) >= 11 is 0.796. The number of carbonyl (C=O) groups excluding carboxylic acids is 3. The van der Waals surface area contributed by atoms with Crippen LogP contribution in [0.5, 0.6) is 17.2 Å². The van der Waals surface area contributed by atoms with Crippen molar-refractivity contribution in [2.75, 3.05) is 25.6 Å². The summed E-state index contributed by atoms with van der Waals surface area (Å²) in [6.45, 7) is 2.02. The molecule has 0 aromatic heterocycles. The van der Waals surface area contributed by atoms with Crippen molar-refractivity contribution in [3.63, 3.8) is 0 Å². The number of imide groups is 1. The van der Waals surface area contributed by atoms with Crippen LogP contribution in [0.15, 0.2) is 71.6 Å². The Labute approximate surface area is 233 Å². The molecule has 0 radical (unpaired) electrons. The van der Waals surface area contributed by atoms with E-state index in [1.807, 2.05) is 13.0 Å². The van der Waals surface area contributed by atoms with Crippen molar-refractivity contribution in [2.24, 2.45) is 0 Å². The van der Waals surface area contributed by atoms with Crippen LogP contribution < -0.4 is 19.5 Å². The molecule has 3 aromatic rings. The van der Waals surface area contributed by atoms with Crippen LogP contribution in [0.2, 0.25) is 0 Å². The third-order valence-electron chi connectivity index (χ3n) is 5.67. The van der Waals surface area contributed by atoms with Gasteiger partial charge in [0.25, 0.3) is 22.7 Å². The minimum atomic E-state index is -0.519. The summed E-state index contributed by atoms with van der Waals surface area (Å²) in [6, 6.07) is 17.6. The van der Waals surface area contributed by atoms with E-state index in [0.29, 0.717) is 40.7 Å². The number of benzene rings is 3. The highest BCUT2D eigenvalue weighted by atomic mass is 32.2. The van der Waals surface area contributed by atoms with Crippen molar-refractivity contribution >= 4 is 46.3 Å². The summed E-state index contributed by atoms with van der Waals surface area (Å²) in [5.41, 5.74) is 1.62. The van der Waals surface area contributed by atoms with Crippen LogP contribution in [0.1, 0.15) is 18.1 Å². The summed E-state index contributed by atoms with van der Waals surface area (Å²) in [7, 11) is 1.45. The lowest BCUT2D eigenvalue weighted by Gasteiger charge is -2.13. The highest BCUT2D eigenvalue weighted by Gasteiger charge is 2.35. The number of anilines is 1. The zero-order valence-electron chi connectivity index (χ0n) is 21.6. The van der Waals surface area contributed by atoms with Gasteiger partial charge in [0, 0.05) is 12.1 Å². The van der Waals surface area contributed by atoms with Gasteiger partial charge in [-0.25, -0.2) is 0 Å². The lowest BCUT2D eigenvalue weighted by Crippen LogP contribution is -2.27. The standard InChI is InChI=1S/C28H25N3O8S/c1-3-38-22-7-5-4-6-21(22)29-26(32)17-39-23-13-10-19(14-24(23)37-2)15-25-27(33)30(28(34)40-25)16-18-8-11-20(12-9-18)31(35)36/h4-15H,3,16-17H2,1-2H3,(H,29,32). The van der Waals surface area contributed by atoms with Crippen molar-refractivity contribution in [2.45, 2.75) is 13.5 Å². The lowest BCUT2D eigenvalue weighted by molar-refractivity contribution is -0.384. The van der Waals surface area contributed by atoms with Crippen LogP contribution in [-0.4, -0.2) is 47.2 Å². The Morgan fingerprint density at radius 3 is 2.48 bits per heavy atom. The minimum absolute atomic E-state index is 0.00674. The Morgan fingerprint density at radius 2 is 1.77 bits per heavy atom. The summed E-state index contributed by atoms with van der Waals surface area (Å²) in [5, 5.41) is 13.2. The van der Waals surface area contributed by atoms with E-state index < -0.39 is 16.1 Å². The molecule has 206 valence electrons. The number of nitrogens with one attached hydrogen (secondary N) is 1. The van der Waals surface area contributed by atoms with E-state index in [1.54, 1.807) is 42.5 Å². The first-order chi connectivity index (χ1) is 19.3. The predicted octanol–water partition coefficient (Wildman–Crippen LogP) is 5.26. The van der Waals surface area contributed by atoms with E-state index in [-0.39, 0.29) is 29.7 Å². The van der Waals surface area contributed by atoms with Crippen LogP contribution >= 0.6 is 11.8 Å². The van der Waals surface area contributed by atoms with Crippen LogP contribution in [0.25, 0.3) is 6.08 Å². The maximum Gasteiger partial charge on any atom is 0.293 e. The van der Waals surface area contributed by atoms with Gasteiger partial charge < -0.3 is 19.5 Å². The summed E-state index contributed by atoms with van der Waals surface area (Å²) in [6.07, 6.45) is 1.56. The Hall–Kier alpha value is -4.84. The molecule has 3 aromatic carbocycles. The molecule has 1 heterocycles. The quantitative estimate of drug-likeness (QED) is 0.188. The number of hydrogen-bond donors (Lipinski definition) is 1. The number of amides is 3. The molecule has 3 amide bonds. The van der Waals surface area contributed by atoms with Crippen molar-refractivity contribution < 1.29 is 33.5 Å². The number of ether oxygens (including phenoxy) is 3. The van der Waals surface area contributed by atoms with E-state index in [1.165, 1.54) is 31.4 Å².